The van der Waals surface area contributed by atoms with Crippen LogP contribution in [-0.2, 0) is 28.5 Å². The lowest BCUT2D eigenvalue weighted by Gasteiger charge is -2.30. The number of hydrogen-bond donors (Lipinski definition) is 1. The molecule has 0 radical (unpaired) electrons. The van der Waals surface area contributed by atoms with E-state index in [1.54, 1.807) is 32.3 Å². The zero-order chi connectivity index (χ0) is 21.9. The Hall–Kier alpha value is -2.71. The molecule has 8 heteroatoms. The number of carbonyl (C=O) groups is 2. The number of allylic oxidation sites excluding steroid dienone is 2. The summed E-state index contributed by atoms with van der Waals surface area (Å²) in [4.78, 5) is 30.0. The number of rotatable bonds is 11. The van der Waals surface area contributed by atoms with Gasteiger partial charge in [-0.25, -0.2) is 9.59 Å². The number of hydrogen-bond acceptors (Lipinski definition) is 8. The van der Waals surface area contributed by atoms with Gasteiger partial charge in [0.15, 0.2) is 0 Å². The van der Waals surface area contributed by atoms with Crippen LogP contribution < -0.4 is 5.32 Å². The van der Waals surface area contributed by atoms with Gasteiger partial charge in [0.2, 0.25) is 0 Å². The molecule has 0 saturated heterocycles. The molecular formula is C22H30N2O6. The van der Waals surface area contributed by atoms with Crippen LogP contribution in [0.4, 0.5) is 0 Å². The summed E-state index contributed by atoms with van der Waals surface area (Å²) >= 11 is 0. The van der Waals surface area contributed by atoms with Crippen molar-refractivity contribution >= 4 is 11.9 Å². The summed E-state index contributed by atoms with van der Waals surface area (Å²) in [6, 6.07) is 3.59. The second-order valence-corrected chi connectivity index (χ2v) is 6.59. The highest BCUT2D eigenvalue weighted by molar-refractivity contribution is 5.99. The Kier molecular flexibility index (Phi) is 9.50. The molecule has 1 aliphatic heterocycles. The summed E-state index contributed by atoms with van der Waals surface area (Å²) in [5, 5.41) is 3.12. The van der Waals surface area contributed by atoms with Crippen LogP contribution in [0, 0.1) is 0 Å². The van der Waals surface area contributed by atoms with Crippen LogP contribution >= 0.6 is 0 Å². The van der Waals surface area contributed by atoms with E-state index in [1.807, 2.05) is 19.9 Å². The average Bonchev–Trinajstić information content (AvgIpc) is 2.74. The molecule has 0 saturated carbocycles. The topological polar surface area (TPSA) is 96.0 Å². The maximum Gasteiger partial charge on any atom is 0.336 e. The van der Waals surface area contributed by atoms with E-state index in [9.17, 15) is 9.59 Å². The Labute approximate surface area is 177 Å². The number of carbonyl (C=O) groups excluding carboxylic acids is 2. The van der Waals surface area contributed by atoms with Crippen molar-refractivity contribution in [3.8, 4) is 0 Å². The smallest absolute Gasteiger partial charge is 0.336 e. The molecule has 30 heavy (non-hydrogen) atoms. The van der Waals surface area contributed by atoms with Crippen LogP contribution in [0.1, 0.15) is 39.2 Å². The monoisotopic (exact) mass is 418 g/mol. The van der Waals surface area contributed by atoms with E-state index in [2.05, 4.69) is 10.3 Å². The molecule has 1 aliphatic rings. The minimum absolute atomic E-state index is 0.125. The zero-order valence-electron chi connectivity index (χ0n) is 18.0. The molecule has 0 atom stereocenters. The predicted molar refractivity (Wildman–Crippen MR) is 110 cm³/mol. The molecule has 2 rings (SSSR count). The number of esters is 2. The van der Waals surface area contributed by atoms with Gasteiger partial charge in [-0.15, -0.1) is 0 Å². The second kappa shape index (κ2) is 12.1. The Morgan fingerprint density at radius 3 is 1.90 bits per heavy atom. The molecule has 8 nitrogen and oxygen atoms in total. The summed E-state index contributed by atoms with van der Waals surface area (Å²) in [7, 11) is 0. The highest BCUT2D eigenvalue weighted by Crippen LogP contribution is 2.38. The van der Waals surface area contributed by atoms with Crippen LogP contribution in [0.15, 0.2) is 47.1 Å². The zero-order valence-corrected chi connectivity index (χ0v) is 18.0. The summed E-state index contributed by atoms with van der Waals surface area (Å²) in [6.45, 7) is 9.25. The third kappa shape index (κ3) is 6.14. The molecular weight excluding hydrogens is 388 g/mol. The molecule has 1 aromatic heterocycles. The van der Waals surface area contributed by atoms with Crippen molar-refractivity contribution in [1.82, 2.24) is 10.3 Å². The van der Waals surface area contributed by atoms with Gasteiger partial charge in [-0.05, 0) is 39.3 Å². The molecule has 1 N–H and O–H groups in total. The molecule has 0 aliphatic carbocycles. The largest absolute Gasteiger partial charge is 0.460 e. The maximum atomic E-state index is 12.9. The van der Waals surface area contributed by atoms with Crippen LogP contribution in [0.2, 0.25) is 0 Å². The molecule has 0 fully saturated rings. The molecule has 164 valence electrons. The van der Waals surface area contributed by atoms with Gasteiger partial charge >= 0.3 is 11.9 Å². The van der Waals surface area contributed by atoms with Gasteiger partial charge in [-0.3, -0.25) is 4.98 Å². The fourth-order valence-electron chi connectivity index (χ4n) is 3.25. The van der Waals surface area contributed by atoms with Gasteiger partial charge in [0.05, 0.1) is 30.3 Å². The molecule has 2 heterocycles. The maximum absolute atomic E-state index is 12.9. The Bertz CT molecular complexity index is 742. The predicted octanol–water partition coefficient (Wildman–Crippen LogP) is 2.48. The minimum atomic E-state index is -0.654. The molecule has 0 amide bonds. The molecule has 0 spiro atoms. The minimum Gasteiger partial charge on any atom is -0.460 e. The number of nitrogens with one attached hydrogen (secondary N) is 1. The fraction of sp³-hybridized carbons (Fsp3) is 0.500. The standard InChI is InChI=1S/C22H30N2O6/c1-5-27-10-12-29-21(25)18-15(3)24-16(4)19(22(26)30-13-11-28-6-2)20(18)17-8-7-9-23-14-17/h7-9,14,20,24H,5-6,10-13H2,1-4H3. The van der Waals surface area contributed by atoms with Crippen molar-refractivity contribution in [2.45, 2.75) is 33.6 Å². The Balaban J connectivity index is 2.32. The lowest BCUT2D eigenvalue weighted by Crippen LogP contribution is -2.33. The normalized spacial score (nSPS) is 14.5. The molecule has 0 unspecified atom stereocenters. The Morgan fingerprint density at radius 1 is 0.933 bits per heavy atom. The number of dihydropyridines is 1. The quantitative estimate of drug-likeness (QED) is 0.433. The van der Waals surface area contributed by atoms with Gasteiger partial charge in [-0.2, -0.15) is 0 Å². The first kappa shape index (κ1) is 23.6. The number of pyridine rings is 1. The van der Waals surface area contributed by atoms with Crippen molar-refractivity contribution in [3.05, 3.63) is 52.6 Å². The summed E-state index contributed by atoms with van der Waals surface area (Å²) in [5.74, 6) is -1.68. The molecule has 0 bridgehead atoms. The van der Waals surface area contributed by atoms with E-state index < -0.39 is 17.9 Å². The highest BCUT2D eigenvalue weighted by atomic mass is 16.6. The summed E-state index contributed by atoms with van der Waals surface area (Å²) in [6.07, 6.45) is 3.27. The van der Waals surface area contributed by atoms with E-state index in [0.29, 0.717) is 54.5 Å². The molecule has 0 aromatic carbocycles. The first-order chi connectivity index (χ1) is 14.5. The average molecular weight is 418 g/mol. The van der Waals surface area contributed by atoms with E-state index in [0.717, 1.165) is 0 Å². The van der Waals surface area contributed by atoms with Crippen LogP contribution in [-0.4, -0.2) is 56.6 Å². The van der Waals surface area contributed by atoms with E-state index >= 15 is 0 Å². The van der Waals surface area contributed by atoms with Crippen LogP contribution in [0.3, 0.4) is 0 Å². The van der Waals surface area contributed by atoms with Crippen LogP contribution in [0.5, 0.6) is 0 Å². The first-order valence-corrected chi connectivity index (χ1v) is 10.1. The van der Waals surface area contributed by atoms with Crippen LogP contribution in [0.25, 0.3) is 0 Å². The highest BCUT2D eigenvalue weighted by Gasteiger charge is 2.38. The fourth-order valence-corrected chi connectivity index (χ4v) is 3.25. The lowest BCUT2D eigenvalue weighted by molar-refractivity contribution is -0.141. The van der Waals surface area contributed by atoms with Crippen molar-refractivity contribution in [2.24, 2.45) is 0 Å². The van der Waals surface area contributed by atoms with Crippen molar-refractivity contribution < 1.29 is 28.5 Å². The number of nitrogens with zero attached hydrogens (tertiary/aromatic N) is 1. The van der Waals surface area contributed by atoms with Crippen molar-refractivity contribution in [3.63, 3.8) is 0 Å². The first-order valence-electron chi connectivity index (χ1n) is 10.1. The second-order valence-electron chi connectivity index (χ2n) is 6.59. The third-order valence-corrected chi connectivity index (χ3v) is 4.55. The lowest BCUT2D eigenvalue weighted by atomic mass is 9.81. The number of aromatic nitrogens is 1. The summed E-state index contributed by atoms with van der Waals surface area (Å²) < 4.78 is 21.3. The van der Waals surface area contributed by atoms with Gasteiger partial charge in [0, 0.05) is 37.0 Å². The van der Waals surface area contributed by atoms with E-state index in [-0.39, 0.29) is 13.2 Å². The van der Waals surface area contributed by atoms with Gasteiger partial charge in [0.25, 0.3) is 0 Å². The van der Waals surface area contributed by atoms with Gasteiger partial charge < -0.3 is 24.3 Å². The van der Waals surface area contributed by atoms with Gasteiger partial charge in [0.1, 0.15) is 13.2 Å². The van der Waals surface area contributed by atoms with E-state index in [4.69, 9.17) is 18.9 Å². The van der Waals surface area contributed by atoms with Crippen molar-refractivity contribution in [2.75, 3.05) is 39.6 Å². The summed E-state index contributed by atoms with van der Waals surface area (Å²) in [5.41, 5.74) is 2.64. The third-order valence-electron chi connectivity index (χ3n) is 4.55. The van der Waals surface area contributed by atoms with Gasteiger partial charge in [-0.1, -0.05) is 6.07 Å². The SMILES string of the molecule is CCOCCOC(=O)C1=C(C)NC(C)=C(C(=O)OCCOCC)C1c1cccnc1. The number of ether oxygens (including phenoxy) is 4. The van der Waals surface area contributed by atoms with E-state index in [1.165, 1.54) is 0 Å². The molecule has 1 aromatic rings. The Morgan fingerprint density at radius 2 is 1.47 bits per heavy atom. The van der Waals surface area contributed by atoms with Crippen molar-refractivity contribution in [1.29, 1.82) is 0 Å².